The fourth-order valence-corrected chi connectivity index (χ4v) is 2.87. The molecule has 0 N–H and O–H groups in total. The second-order valence-electron chi connectivity index (χ2n) is 7.10. The summed E-state index contributed by atoms with van der Waals surface area (Å²) >= 11 is 0. The molecule has 1 fully saturated rings. The van der Waals surface area contributed by atoms with Crippen LogP contribution in [0.2, 0.25) is 0 Å². The van der Waals surface area contributed by atoms with Crippen LogP contribution in [0, 0.1) is 10.8 Å². The van der Waals surface area contributed by atoms with E-state index in [4.69, 9.17) is 9.73 Å². The minimum atomic E-state index is 0.219. The van der Waals surface area contributed by atoms with Crippen LogP contribution < -0.4 is 0 Å². The zero-order valence-corrected chi connectivity index (χ0v) is 11.9. The average molecular weight is 237 g/mol. The zero-order chi connectivity index (χ0) is 12.5. The SMILES string of the molecule is CC1(C2=NC(C(C)(C)C)CO2)CCCCCC1. The second-order valence-corrected chi connectivity index (χ2v) is 7.10. The van der Waals surface area contributed by atoms with Gasteiger partial charge in [-0.3, -0.25) is 0 Å². The van der Waals surface area contributed by atoms with E-state index in [1.54, 1.807) is 0 Å². The lowest BCUT2D eigenvalue weighted by atomic mass is 9.82. The van der Waals surface area contributed by atoms with Crippen LogP contribution >= 0.6 is 0 Å². The molecule has 98 valence electrons. The molecule has 1 aliphatic carbocycles. The number of hydrogen-bond donors (Lipinski definition) is 0. The maximum Gasteiger partial charge on any atom is 0.189 e. The fraction of sp³-hybridized carbons (Fsp3) is 0.933. The van der Waals surface area contributed by atoms with Crippen molar-refractivity contribution in [3.63, 3.8) is 0 Å². The molecular weight excluding hydrogens is 210 g/mol. The van der Waals surface area contributed by atoms with E-state index in [9.17, 15) is 0 Å². The minimum absolute atomic E-state index is 0.219. The van der Waals surface area contributed by atoms with Gasteiger partial charge in [-0.1, -0.05) is 53.4 Å². The maximum absolute atomic E-state index is 5.94. The van der Waals surface area contributed by atoms with E-state index in [-0.39, 0.29) is 10.8 Å². The minimum Gasteiger partial charge on any atom is -0.478 e. The summed E-state index contributed by atoms with van der Waals surface area (Å²) in [7, 11) is 0. The molecule has 1 heterocycles. The Morgan fingerprint density at radius 1 is 1.12 bits per heavy atom. The summed E-state index contributed by atoms with van der Waals surface area (Å²) in [5.74, 6) is 1.05. The van der Waals surface area contributed by atoms with Gasteiger partial charge in [0.05, 0.1) is 6.04 Å². The molecule has 2 nitrogen and oxygen atoms in total. The first kappa shape index (κ1) is 12.9. The number of nitrogens with zero attached hydrogens (tertiary/aromatic N) is 1. The third-order valence-electron chi connectivity index (χ3n) is 4.37. The number of aliphatic imine (C=N–C) groups is 1. The Hall–Kier alpha value is -0.530. The Morgan fingerprint density at radius 3 is 2.18 bits per heavy atom. The van der Waals surface area contributed by atoms with E-state index in [0.29, 0.717) is 6.04 Å². The molecule has 1 aliphatic heterocycles. The van der Waals surface area contributed by atoms with Gasteiger partial charge in [0.1, 0.15) is 6.61 Å². The number of rotatable bonds is 1. The molecule has 1 unspecified atom stereocenters. The highest BCUT2D eigenvalue weighted by Gasteiger charge is 2.39. The van der Waals surface area contributed by atoms with Crippen molar-refractivity contribution in [2.45, 2.75) is 72.3 Å². The molecule has 2 rings (SSSR count). The van der Waals surface area contributed by atoms with E-state index in [1.807, 2.05) is 0 Å². The largest absolute Gasteiger partial charge is 0.478 e. The van der Waals surface area contributed by atoms with Gasteiger partial charge in [-0.15, -0.1) is 0 Å². The summed E-state index contributed by atoms with van der Waals surface area (Å²) in [6, 6.07) is 0.345. The summed E-state index contributed by atoms with van der Waals surface area (Å²) in [6.07, 6.45) is 7.93. The Morgan fingerprint density at radius 2 is 1.71 bits per heavy atom. The lowest BCUT2D eigenvalue weighted by Gasteiger charge is -2.26. The normalized spacial score (nSPS) is 29.4. The van der Waals surface area contributed by atoms with E-state index < -0.39 is 0 Å². The summed E-state index contributed by atoms with van der Waals surface area (Å²) in [4.78, 5) is 4.89. The van der Waals surface area contributed by atoms with Gasteiger partial charge in [0, 0.05) is 5.41 Å². The molecule has 0 amide bonds. The topological polar surface area (TPSA) is 21.6 Å². The van der Waals surface area contributed by atoms with E-state index in [1.165, 1.54) is 38.5 Å². The highest BCUT2D eigenvalue weighted by molar-refractivity contribution is 5.83. The van der Waals surface area contributed by atoms with Crippen molar-refractivity contribution in [3.8, 4) is 0 Å². The standard InChI is InChI=1S/C15H27NO/c1-14(2,3)12-11-17-13(16-12)15(4)9-7-5-6-8-10-15/h12H,5-11H2,1-4H3. The van der Waals surface area contributed by atoms with Gasteiger partial charge in [0.15, 0.2) is 5.90 Å². The van der Waals surface area contributed by atoms with Gasteiger partial charge in [0.25, 0.3) is 0 Å². The quantitative estimate of drug-likeness (QED) is 0.627. The first-order valence-electron chi connectivity index (χ1n) is 7.13. The molecule has 0 spiro atoms. The lowest BCUT2D eigenvalue weighted by Crippen LogP contribution is -2.27. The number of hydrogen-bond acceptors (Lipinski definition) is 2. The van der Waals surface area contributed by atoms with Crippen LogP contribution in [0.4, 0.5) is 0 Å². The zero-order valence-electron chi connectivity index (χ0n) is 11.9. The predicted octanol–water partition coefficient (Wildman–Crippen LogP) is 4.19. The van der Waals surface area contributed by atoms with Crippen molar-refractivity contribution in [2.24, 2.45) is 15.8 Å². The molecule has 0 bridgehead atoms. The van der Waals surface area contributed by atoms with Crippen LogP contribution in [-0.2, 0) is 4.74 Å². The third kappa shape index (κ3) is 2.83. The monoisotopic (exact) mass is 237 g/mol. The highest BCUT2D eigenvalue weighted by atomic mass is 16.5. The summed E-state index contributed by atoms with van der Waals surface area (Å²) < 4.78 is 5.94. The molecule has 1 saturated carbocycles. The fourth-order valence-electron chi connectivity index (χ4n) is 2.87. The molecule has 0 aromatic heterocycles. The Balaban J connectivity index is 2.11. The van der Waals surface area contributed by atoms with Gasteiger partial charge in [0.2, 0.25) is 0 Å². The van der Waals surface area contributed by atoms with Crippen LogP contribution in [0.3, 0.4) is 0 Å². The first-order chi connectivity index (χ1) is 7.92. The summed E-state index contributed by atoms with van der Waals surface area (Å²) in [6.45, 7) is 9.89. The van der Waals surface area contributed by atoms with Crippen LogP contribution in [0.25, 0.3) is 0 Å². The molecule has 2 heteroatoms. The van der Waals surface area contributed by atoms with Crippen molar-refractivity contribution >= 4 is 5.90 Å². The first-order valence-corrected chi connectivity index (χ1v) is 7.13. The van der Waals surface area contributed by atoms with Gasteiger partial charge in [-0.2, -0.15) is 0 Å². The van der Waals surface area contributed by atoms with Gasteiger partial charge >= 0.3 is 0 Å². The molecule has 0 radical (unpaired) electrons. The van der Waals surface area contributed by atoms with Crippen LogP contribution in [0.15, 0.2) is 4.99 Å². The molecule has 2 aliphatic rings. The molecule has 0 aromatic rings. The van der Waals surface area contributed by atoms with E-state index in [0.717, 1.165) is 12.5 Å². The smallest absolute Gasteiger partial charge is 0.189 e. The van der Waals surface area contributed by atoms with Crippen molar-refractivity contribution in [1.82, 2.24) is 0 Å². The Kier molecular flexibility index (Phi) is 3.51. The molecule has 0 saturated heterocycles. The highest BCUT2D eigenvalue weighted by Crippen LogP contribution is 2.39. The second kappa shape index (κ2) is 4.62. The third-order valence-corrected chi connectivity index (χ3v) is 4.37. The molecular formula is C15H27NO. The lowest BCUT2D eigenvalue weighted by molar-refractivity contribution is 0.213. The van der Waals surface area contributed by atoms with E-state index >= 15 is 0 Å². The predicted molar refractivity (Wildman–Crippen MR) is 72.4 cm³/mol. The van der Waals surface area contributed by atoms with Crippen LogP contribution in [0.5, 0.6) is 0 Å². The Bertz CT molecular complexity index is 293. The molecule has 0 aromatic carbocycles. The van der Waals surface area contributed by atoms with Gasteiger partial charge in [-0.25, -0.2) is 4.99 Å². The summed E-state index contributed by atoms with van der Waals surface area (Å²) in [5, 5.41) is 0. The molecule has 17 heavy (non-hydrogen) atoms. The van der Waals surface area contributed by atoms with Crippen molar-refractivity contribution < 1.29 is 4.74 Å². The van der Waals surface area contributed by atoms with E-state index in [2.05, 4.69) is 27.7 Å². The number of ether oxygens (including phenoxy) is 1. The van der Waals surface area contributed by atoms with Crippen molar-refractivity contribution in [3.05, 3.63) is 0 Å². The van der Waals surface area contributed by atoms with Crippen LogP contribution in [0.1, 0.15) is 66.2 Å². The van der Waals surface area contributed by atoms with Crippen molar-refractivity contribution in [2.75, 3.05) is 6.61 Å². The van der Waals surface area contributed by atoms with Crippen LogP contribution in [-0.4, -0.2) is 18.5 Å². The van der Waals surface area contributed by atoms with Gasteiger partial charge in [-0.05, 0) is 18.3 Å². The molecule has 1 atom stereocenters. The van der Waals surface area contributed by atoms with Crippen molar-refractivity contribution in [1.29, 1.82) is 0 Å². The van der Waals surface area contributed by atoms with Gasteiger partial charge < -0.3 is 4.74 Å². The Labute approximate surface area is 106 Å². The summed E-state index contributed by atoms with van der Waals surface area (Å²) in [5.41, 5.74) is 0.444. The average Bonchev–Trinajstić information content (AvgIpc) is 2.64. The maximum atomic E-state index is 5.94.